The van der Waals surface area contributed by atoms with E-state index in [1.54, 1.807) is 0 Å². The Morgan fingerprint density at radius 2 is 0.569 bits per heavy atom. The van der Waals surface area contributed by atoms with Crippen LogP contribution in [0.5, 0.6) is 0 Å². The summed E-state index contributed by atoms with van der Waals surface area (Å²) < 4.78 is 16.8. The molecule has 0 N–H and O–H groups in total. The molecule has 0 aliphatic heterocycles. The van der Waals surface area contributed by atoms with Crippen LogP contribution in [-0.2, 0) is 28.6 Å². The highest BCUT2D eigenvalue weighted by atomic mass is 16.6. The molecule has 0 fully saturated rings. The first-order valence-corrected chi connectivity index (χ1v) is 27.8. The summed E-state index contributed by atoms with van der Waals surface area (Å²) in [7, 11) is 0. The van der Waals surface area contributed by atoms with Crippen LogP contribution in [0, 0.1) is 0 Å². The molecule has 65 heavy (non-hydrogen) atoms. The number of esters is 3. The number of hydrogen-bond donors (Lipinski definition) is 0. The van der Waals surface area contributed by atoms with Gasteiger partial charge in [0.25, 0.3) is 0 Å². The maximum Gasteiger partial charge on any atom is 0.306 e. The highest BCUT2D eigenvalue weighted by Gasteiger charge is 2.19. The van der Waals surface area contributed by atoms with Crippen molar-refractivity contribution in [3.8, 4) is 0 Å². The van der Waals surface area contributed by atoms with E-state index in [9.17, 15) is 14.4 Å². The van der Waals surface area contributed by atoms with Crippen LogP contribution in [0.1, 0.15) is 278 Å². The van der Waals surface area contributed by atoms with Crippen molar-refractivity contribution in [2.24, 2.45) is 0 Å². The maximum absolute atomic E-state index is 12.8. The van der Waals surface area contributed by atoms with Crippen LogP contribution in [0.25, 0.3) is 0 Å². The lowest BCUT2D eigenvalue weighted by Crippen LogP contribution is -2.30. The van der Waals surface area contributed by atoms with Gasteiger partial charge in [-0.05, 0) is 83.5 Å². The molecule has 0 radical (unpaired) electrons. The topological polar surface area (TPSA) is 78.9 Å². The zero-order valence-corrected chi connectivity index (χ0v) is 43.0. The molecule has 0 saturated heterocycles. The predicted molar refractivity (Wildman–Crippen MR) is 279 cm³/mol. The fourth-order valence-electron chi connectivity index (χ4n) is 7.78. The molecule has 0 rings (SSSR count). The Labute approximate surface area is 402 Å². The molecule has 6 heteroatoms. The van der Waals surface area contributed by atoms with Gasteiger partial charge in [-0.1, -0.05) is 236 Å². The van der Waals surface area contributed by atoms with E-state index in [-0.39, 0.29) is 37.5 Å². The molecular formula is C59H104O6. The number of carbonyl (C=O) groups is 3. The van der Waals surface area contributed by atoms with Crippen LogP contribution in [0.4, 0.5) is 0 Å². The normalized spacial score (nSPS) is 12.5. The van der Waals surface area contributed by atoms with E-state index in [0.717, 1.165) is 70.6 Å². The summed E-state index contributed by atoms with van der Waals surface area (Å²) in [6.07, 6.45) is 66.4. The van der Waals surface area contributed by atoms with E-state index in [0.29, 0.717) is 19.3 Å². The lowest BCUT2D eigenvalue weighted by atomic mass is 10.0. The first kappa shape index (κ1) is 62.1. The van der Waals surface area contributed by atoms with Crippen LogP contribution in [0.15, 0.2) is 60.8 Å². The Bertz CT molecular complexity index is 1180. The molecule has 1 atom stereocenters. The molecule has 0 aliphatic carbocycles. The van der Waals surface area contributed by atoms with Crippen LogP contribution in [-0.4, -0.2) is 37.2 Å². The summed E-state index contributed by atoms with van der Waals surface area (Å²) in [4.78, 5) is 38.0. The monoisotopic (exact) mass is 909 g/mol. The van der Waals surface area contributed by atoms with Crippen molar-refractivity contribution in [2.75, 3.05) is 13.2 Å². The van der Waals surface area contributed by atoms with Crippen molar-refractivity contribution < 1.29 is 28.6 Å². The molecular weight excluding hydrogens is 805 g/mol. The van der Waals surface area contributed by atoms with Gasteiger partial charge in [0.05, 0.1) is 0 Å². The number of ether oxygens (including phenoxy) is 3. The smallest absolute Gasteiger partial charge is 0.306 e. The van der Waals surface area contributed by atoms with Gasteiger partial charge in [-0.2, -0.15) is 0 Å². The average molecular weight is 909 g/mol. The van der Waals surface area contributed by atoms with E-state index in [4.69, 9.17) is 14.2 Å². The SMILES string of the molecule is CCCCCC=CCC=CCC=CCC=CCCCC(=O)OC[C@@H](COC(=O)CCCCCCCC=CCCCCCC)OC(=O)CCCCCCCCCCCCCCCCCCC. The minimum atomic E-state index is -0.797. The molecule has 0 bridgehead atoms. The lowest BCUT2D eigenvalue weighted by Gasteiger charge is -2.18. The molecule has 0 aromatic carbocycles. The molecule has 376 valence electrons. The van der Waals surface area contributed by atoms with Gasteiger partial charge in [-0.3, -0.25) is 14.4 Å². The molecule has 0 heterocycles. The molecule has 0 aromatic rings. The largest absolute Gasteiger partial charge is 0.462 e. The Kier molecular flexibility index (Phi) is 51.3. The van der Waals surface area contributed by atoms with Crippen LogP contribution >= 0.6 is 0 Å². The summed E-state index contributed by atoms with van der Waals surface area (Å²) in [5.74, 6) is -0.950. The second kappa shape index (κ2) is 53.7. The minimum Gasteiger partial charge on any atom is -0.462 e. The van der Waals surface area contributed by atoms with Crippen molar-refractivity contribution in [1.29, 1.82) is 0 Å². The summed E-state index contributed by atoms with van der Waals surface area (Å²) >= 11 is 0. The number of hydrogen-bond acceptors (Lipinski definition) is 6. The van der Waals surface area contributed by atoms with Crippen molar-refractivity contribution in [3.05, 3.63) is 60.8 Å². The van der Waals surface area contributed by atoms with E-state index < -0.39 is 6.10 Å². The molecule has 0 aliphatic rings. The fraction of sp³-hybridized carbons (Fsp3) is 0.780. The second-order valence-corrected chi connectivity index (χ2v) is 18.5. The van der Waals surface area contributed by atoms with Crippen molar-refractivity contribution >= 4 is 17.9 Å². The molecule has 0 amide bonds. The molecule has 6 nitrogen and oxygen atoms in total. The highest BCUT2D eigenvalue weighted by molar-refractivity contribution is 5.71. The third-order valence-electron chi connectivity index (χ3n) is 12.0. The number of allylic oxidation sites excluding steroid dienone is 10. The summed E-state index contributed by atoms with van der Waals surface area (Å²) in [5, 5.41) is 0. The van der Waals surface area contributed by atoms with Gasteiger partial charge in [0, 0.05) is 19.3 Å². The Hall–Kier alpha value is -2.89. The van der Waals surface area contributed by atoms with Gasteiger partial charge >= 0.3 is 17.9 Å². The lowest BCUT2D eigenvalue weighted by molar-refractivity contribution is -0.167. The van der Waals surface area contributed by atoms with Gasteiger partial charge in [-0.15, -0.1) is 0 Å². The first-order chi connectivity index (χ1) is 32.0. The molecule has 0 saturated carbocycles. The van der Waals surface area contributed by atoms with Crippen molar-refractivity contribution in [3.63, 3.8) is 0 Å². The van der Waals surface area contributed by atoms with Gasteiger partial charge < -0.3 is 14.2 Å². The predicted octanol–water partition coefficient (Wildman–Crippen LogP) is 18.4. The molecule has 0 spiro atoms. The van der Waals surface area contributed by atoms with Gasteiger partial charge in [0.2, 0.25) is 0 Å². The zero-order valence-electron chi connectivity index (χ0n) is 43.0. The van der Waals surface area contributed by atoms with Crippen molar-refractivity contribution in [1.82, 2.24) is 0 Å². The molecule has 0 unspecified atom stereocenters. The minimum absolute atomic E-state index is 0.0934. The average Bonchev–Trinajstić information content (AvgIpc) is 3.30. The maximum atomic E-state index is 12.8. The summed E-state index contributed by atoms with van der Waals surface area (Å²) in [6.45, 7) is 6.56. The summed E-state index contributed by atoms with van der Waals surface area (Å²) in [6, 6.07) is 0. The Balaban J connectivity index is 4.44. The zero-order chi connectivity index (χ0) is 47.2. The van der Waals surface area contributed by atoms with Crippen molar-refractivity contribution in [2.45, 2.75) is 284 Å². The molecule has 0 aromatic heterocycles. The standard InChI is InChI=1S/C59H104O6/c1-4-7-10-13-16-19-22-25-27-29-31-34-37-40-43-46-49-52-58(61)64-55-56(54-63-57(60)51-48-45-42-39-36-33-24-21-18-15-12-9-6-3)65-59(62)53-50-47-44-41-38-35-32-30-28-26-23-20-17-14-11-8-5-2/h16,19,21,24-25,27,31,34,40,43,56H,4-15,17-18,20,22-23,26,28-30,32-33,35-39,41-42,44-55H2,1-3H3/t56-/m1/s1. The second-order valence-electron chi connectivity index (χ2n) is 18.5. The third kappa shape index (κ3) is 51.9. The highest BCUT2D eigenvalue weighted by Crippen LogP contribution is 2.16. The van der Waals surface area contributed by atoms with Crippen LogP contribution in [0.3, 0.4) is 0 Å². The quantitative estimate of drug-likeness (QED) is 0.0262. The van der Waals surface area contributed by atoms with Gasteiger partial charge in [-0.25, -0.2) is 0 Å². The van der Waals surface area contributed by atoms with E-state index >= 15 is 0 Å². The van der Waals surface area contributed by atoms with E-state index in [1.165, 1.54) is 161 Å². The van der Waals surface area contributed by atoms with E-state index in [1.807, 2.05) is 0 Å². The van der Waals surface area contributed by atoms with Gasteiger partial charge in [0.1, 0.15) is 13.2 Å². The Morgan fingerprint density at radius 3 is 0.985 bits per heavy atom. The Morgan fingerprint density at radius 1 is 0.308 bits per heavy atom. The van der Waals surface area contributed by atoms with Crippen LogP contribution < -0.4 is 0 Å². The van der Waals surface area contributed by atoms with Crippen LogP contribution in [0.2, 0.25) is 0 Å². The van der Waals surface area contributed by atoms with E-state index in [2.05, 4.69) is 81.5 Å². The summed E-state index contributed by atoms with van der Waals surface area (Å²) in [5.41, 5.74) is 0. The number of unbranched alkanes of at least 4 members (excludes halogenated alkanes) is 29. The third-order valence-corrected chi connectivity index (χ3v) is 12.0. The number of carbonyl (C=O) groups excluding carboxylic acids is 3. The first-order valence-electron chi connectivity index (χ1n) is 27.8. The fourth-order valence-corrected chi connectivity index (χ4v) is 7.78. The number of rotatable bonds is 50. The van der Waals surface area contributed by atoms with Gasteiger partial charge in [0.15, 0.2) is 6.10 Å².